The molecular weight excluding hydrogens is 651 g/mol. The number of pyridine rings is 4. The van der Waals surface area contributed by atoms with Gasteiger partial charge in [-0.25, -0.2) is 4.98 Å². The highest BCUT2D eigenvalue weighted by Gasteiger charge is 2.34. The van der Waals surface area contributed by atoms with Crippen molar-refractivity contribution in [3.05, 3.63) is 144 Å². The number of rotatable bonds is 9. The molecule has 1 aliphatic rings. The van der Waals surface area contributed by atoms with Crippen molar-refractivity contribution >= 4 is 53.9 Å². The zero-order chi connectivity index (χ0) is 29.9. The maximum atomic E-state index is 13.6. The quantitative estimate of drug-likeness (QED) is 0.148. The predicted molar refractivity (Wildman–Crippen MR) is 194 cm³/mol. The average Bonchev–Trinajstić information content (AvgIpc) is 3.08. The first-order chi connectivity index (χ1) is 21.6. The molecule has 1 aliphatic carbocycles. The molecule has 7 nitrogen and oxygen atoms in total. The van der Waals surface area contributed by atoms with Crippen LogP contribution in [0.3, 0.4) is 0 Å². The van der Waals surface area contributed by atoms with Gasteiger partial charge in [-0.05, 0) is 72.4 Å². The summed E-state index contributed by atoms with van der Waals surface area (Å²) in [4.78, 5) is 31.8. The summed E-state index contributed by atoms with van der Waals surface area (Å²) in [5.74, 6) is -0.0474. The number of carbonyl (C=O) groups excluding carboxylic acids is 1. The molecule has 0 radical (unpaired) electrons. The smallest absolute Gasteiger partial charge is 0.184 e. The van der Waals surface area contributed by atoms with Gasteiger partial charge in [-0.1, -0.05) is 54.6 Å². The zero-order valence-electron chi connectivity index (χ0n) is 25.5. The summed E-state index contributed by atoms with van der Waals surface area (Å²) >= 11 is 0. The fourth-order valence-electron chi connectivity index (χ4n) is 5.96. The molecular formula is C37H35Cl3N6O. The van der Waals surface area contributed by atoms with E-state index in [1.165, 1.54) is 12.0 Å². The van der Waals surface area contributed by atoms with Crippen molar-refractivity contribution in [1.29, 1.82) is 0 Å². The summed E-state index contributed by atoms with van der Waals surface area (Å²) in [5.41, 5.74) is 14.7. The number of Topliss-reactive ketones (excluding diaryl/α,β-unsaturated/α-hetero) is 1. The van der Waals surface area contributed by atoms with Crippen LogP contribution in [-0.2, 0) is 12.1 Å². The summed E-state index contributed by atoms with van der Waals surface area (Å²) < 4.78 is 0. The molecule has 1 atom stereocenters. The number of fused-ring (bicyclic) bond motifs is 1. The molecule has 0 amide bonds. The van der Waals surface area contributed by atoms with Crippen molar-refractivity contribution in [1.82, 2.24) is 25.3 Å². The maximum absolute atomic E-state index is 13.6. The lowest BCUT2D eigenvalue weighted by Gasteiger charge is -2.38. The van der Waals surface area contributed by atoms with Gasteiger partial charge in [0.2, 0.25) is 0 Å². The number of carbonyl (C=O) groups is 1. The monoisotopic (exact) mass is 684 g/mol. The van der Waals surface area contributed by atoms with E-state index >= 15 is 0 Å². The Morgan fingerprint density at radius 2 is 1.45 bits per heavy atom. The Morgan fingerprint density at radius 1 is 0.787 bits per heavy atom. The largest absolute Gasteiger partial charge is 0.321 e. The second kappa shape index (κ2) is 15.6. The fourth-order valence-corrected chi connectivity index (χ4v) is 5.96. The highest BCUT2D eigenvalue weighted by Crippen LogP contribution is 2.40. The first kappa shape index (κ1) is 35.6. The van der Waals surface area contributed by atoms with Crippen LogP contribution in [-0.4, -0.2) is 25.7 Å². The van der Waals surface area contributed by atoms with Crippen LogP contribution in [0.5, 0.6) is 0 Å². The van der Waals surface area contributed by atoms with Crippen molar-refractivity contribution < 1.29 is 4.79 Å². The van der Waals surface area contributed by atoms with Gasteiger partial charge < -0.3 is 5.73 Å². The Kier molecular flexibility index (Phi) is 11.8. The van der Waals surface area contributed by atoms with Gasteiger partial charge in [0, 0.05) is 65.1 Å². The Morgan fingerprint density at radius 3 is 2.09 bits per heavy atom. The summed E-state index contributed by atoms with van der Waals surface area (Å²) in [6.07, 6.45) is 11.7. The van der Waals surface area contributed by atoms with E-state index in [0.717, 1.165) is 57.4 Å². The van der Waals surface area contributed by atoms with Crippen molar-refractivity contribution in [3.63, 3.8) is 0 Å². The maximum Gasteiger partial charge on any atom is 0.184 e. The average molecular weight is 686 g/mol. The number of hydrogen-bond donors (Lipinski definition) is 2. The molecule has 3 N–H and O–H groups in total. The molecule has 0 saturated heterocycles. The predicted octanol–water partition coefficient (Wildman–Crippen LogP) is 8.07. The minimum absolute atomic E-state index is 0. The molecule has 2 aromatic carbocycles. The van der Waals surface area contributed by atoms with E-state index in [1.807, 2.05) is 36.4 Å². The van der Waals surface area contributed by atoms with Gasteiger partial charge >= 0.3 is 0 Å². The van der Waals surface area contributed by atoms with Crippen LogP contribution in [0.2, 0.25) is 0 Å². The van der Waals surface area contributed by atoms with Crippen LogP contribution in [0.1, 0.15) is 52.5 Å². The molecule has 1 fully saturated rings. The van der Waals surface area contributed by atoms with Crippen LogP contribution >= 0.6 is 37.2 Å². The van der Waals surface area contributed by atoms with E-state index in [2.05, 4.69) is 57.7 Å². The number of aromatic nitrogens is 4. The van der Waals surface area contributed by atoms with Crippen molar-refractivity contribution in [2.75, 3.05) is 0 Å². The molecule has 240 valence electrons. The molecule has 4 aromatic heterocycles. The molecule has 7 rings (SSSR count). The fraction of sp³-hybridized carbons (Fsp3) is 0.162. The lowest BCUT2D eigenvalue weighted by atomic mass is 9.72. The molecule has 0 aliphatic heterocycles. The molecule has 6 aromatic rings. The molecule has 1 unspecified atom stereocenters. The highest BCUT2D eigenvalue weighted by atomic mass is 35.5. The molecule has 47 heavy (non-hydrogen) atoms. The SMILES string of the molecule is Cl.Cl.Cl.NC1(c2ccc(-c3nc4ccnc(CNC(C(=O)c5ccncc5)c5ccncc5)c4cc3-c3ccccc3)cc2)CCC1. The van der Waals surface area contributed by atoms with E-state index in [0.29, 0.717) is 12.1 Å². The number of benzene rings is 2. The van der Waals surface area contributed by atoms with E-state index in [-0.39, 0.29) is 48.5 Å². The Labute approximate surface area is 292 Å². The minimum Gasteiger partial charge on any atom is -0.321 e. The van der Waals surface area contributed by atoms with Crippen LogP contribution in [0.25, 0.3) is 33.3 Å². The van der Waals surface area contributed by atoms with Gasteiger partial charge in [0.1, 0.15) is 0 Å². The standard InChI is InChI=1S/C37H32N6O.3ClH/c38-37(16-4-17-37)29-9-7-26(8-10-29)34-30(25-5-2-1-3-6-25)23-31-32(43-34)15-22-41-33(31)24-42-35(27-11-18-39-19-12-27)36(44)28-13-20-40-21-14-28;;;/h1-3,5-15,18-23,35,42H,4,16-17,24,38H2;3*1H. The van der Waals surface area contributed by atoms with Gasteiger partial charge in [-0.15, -0.1) is 37.2 Å². The number of nitrogens with one attached hydrogen (secondary N) is 1. The van der Waals surface area contributed by atoms with E-state index in [4.69, 9.17) is 15.7 Å². The van der Waals surface area contributed by atoms with Gasteiger partial charge in [-0.2, -0.15) is 0 Å². The highest BCUT2D eigenvalue weighted by molar-refractivity contribution is 6.00. The van der Waals surface area contributed by atoms with E-state index < -0.39 is 6.04 Å². The van der Waals surface area contributed by atoms with Crippen molar-refractivity contribution in [2.24, 2.45) is 5.73 Å². The van der Waals surface area contributed by atoms with E-state index in [1.54, 1.807) is 43.1 Å². The number of hydrogen-bond acceptors (Lipinski definition) is 7. The van der Waals surface area contributed by atoms with Crippen LogP contribution < -0.4 is 11.1 Å². The van der Waals surface area contributed by atoms with Gasteiger partial charge in [-0.3, -0.25) is 25.1 Å². The summed E-state index contributed by atoms with van der Waals surface area (Å²) in [5, 5.41) is 4.41. The lowest BCUT2D eigenvalue weighted by Crippen LogP contribution is -2.43. The molecule has 1 saturated carbocycles. The summed E-state index contributed by atoms with van der Waals surface area (Å²) in [7, 11) is 0. The number of nitrogens with two attached hydrogens (primary N) is 1. The third kappa shape index (κ3) is 7.35. The Bertz CT molecular complexity index is 1920. The van der Waals surface area contributed by atoms with Crippen molar-refractivity contribution in [2.45, 2.75) is 37.4 Å². The number of ketones is 1. The number of halogens is 3. The topological polar surface area (TPSA) is 107 Å². The molecule has 0 bridgehead atoms. The van der Waals surface area contributed by atoms with Gasteiger partial charge in [0.15, 0.2) is 5.78 Å². The van der Waals surface area contributed by atoms with Crippen molar-refractivity contribution in [3.8, 4) is 22.4 Å². The molecule has 0 spiro atoms. The third-order valence-electron chi connectivity index (χ3n) is 8.63. The summed E-state index contributed by atoms with van der Waals surface area (Å²) in [6, 6.07) is 29.6. The van der Waals surface area contributed by atoms with Gasteiger partial charge in [0.25, 0.3) is 0 Å². The summed E-state index contributed by atoms with van der Waals surface area (Å²) in [6.45, 7) is 0.365. The van der Waals surface area contributed by atoms with Crippen LogP contribution in [0, 0.1) is 0 Å². The second-order valence-electron chi connectivity index (χ2n) is 11.4. The molecule has 10 heteroatoms. The van der Waals surface area contributed by atoms with Gasteiger partial charge in [0.05, 0.1) is 22.9 Å². The van der Waals surface area contributed by atoms with Crippen LogP contribution in [0.4, 0.5) is 0 Å². The molecule has 4 heterocycles. The second-order valence-corrected chi connectivity index (χ2v) is 11.4. The normalized spacial score (nSPS) is 13.6. The lowest BCUT2D eigenvalue weighted by molar-refractivity contribution is 0.0941. The van der Waals surface area contributed by atoms with E-state index in [9.17, 15) is 4.79 Å². The number of nitrogens with zero attached hydrogens (tertiary/aromatic N) is 4. The zero-order valence-corrected chi connectivity index (χ0v) is 27.9. The minimum atomic E-state index is -0.585. The Balaban J connectivity index is 0.00000167. The first-order valence-corrected chi connectivity index (χ1v) is 14.9. The third-order valence-corrected chi connectivity index (χ3v) is 8.63. The van der Waals surface area contributed by atoms with Crippen LogP contribution in [0.15, 0.2) is 122 Å². The first-order valence-electron chi connectivity index (χ1n) is 14.9. The Hall–Kier alpha value is -4.24.